The van der Waals surface area contributed by atoms with Crippen LogP contribution < -0.4 is 4.90 Å². The van der Waals surface area contributed by atoms with Crippen molar-refractivity contribution in [2.75, 3.05) is 19.0 Å². The summed E-state index contributed by atoms with van der Waals surface area (Å²) in [6.07, 6.45) is 1.88. The summed E-state index contributed by atoms with van der Waals surface area (Å²) in [4.78, 5) is 26.4. The number of hydrogen-bond acceptors (Lipinski definition) is 3. The Labute approximate surface area is 200 Å². The standard InChI is InChI=1S/C20H21NO2.2Y/c1-15(20(23)17-7-5-4-6-8-17)9-14-19(22)16-10-12-18(13-11-16)21(2)3;;/h4-8,10-15H,1,9H2,2-3H3;;/q-2;;. The zero-order valence-corrected chi connectivity index (χ0v) is 20.4. The van der Waals surface area contributed by atoms with Crippen LogP contribution in [-0.4, -0.2) is 25.7 Å². The number of hydrogen-bond donors (Lipinski definition) is 0. The third-order valence-corrected chi connectivity index (χ3v) is 3.69. The van der Waals surface area contributed by atoms with E-state index >= 15 is 0 Å². The van der Waals surface area contributed by atoms with Gasteiger partial charge in [-0.15, -0.1) is 30.0 Å². The number of carbonyl (C=O) groups excluding carboxylic acids is 2. The molecule has 5 heteroatoms. The molecule has 25 heavy (non-hydrogen) atoms. The summed E-state index contributed by atoms with van der Waals surface area (Å²) in [5.41, 5.74) is 2.29. The van der Waals surface area contributed by atoms with Crippen molar-refractivity contribution in [1.29, 1.82) is 0 Å². The molecule has 2 aromatic rings. The van der Waals surface area contributed by atoms with Crippen LogP contribution in [0.15, 0.2) is 54.6 Å². The number of rotatable bonds is 7. The summed E-state index contributed by atoms with van der Waals surface area (Å²) < 4.78 is 0. The van der Waals surface area contributed by atoms with Gasteiger partial charge < -0.3 is 16.6 Å². The Balaban J connectivity index is 0.00000288. The van der Waals surface area contributed by atoms with Gasteiger partial charge >= 0.3 is 0 Å². The van der Waals surface area contributed by atoms with E-state index in [1.54, 1.807) is 30.7 Å². The van der Waals surface area contributed by atoms with Gasteiger partial charge in [-0.2, -0.15) is 6.42 Å². The van der Waals surface area contributed by atoms with Gasteiger partial charge in [0.05, 0.1) is 0 Å². The first-order valence-corrected chi connectivity index (χ1v) is 7.56. The van der Waals surface area contributed by atoms with E-state index in [0.29, 0.717) is 17.5 Å². The number of carbonyl (C=O) groups is 2. The molecule has 0 saturated carbocycles. The number of nitrogens with zero attached hydrogens (tertiary/aromatic N) is 1. The smallest absolute Gasteiger partial charge is 0.135 e. The number of ketones is 2. The molecule has 1 atom stereocenters. The van der Waals surface area contributed by atoms with E-state index in [1.165, 1.54) is 0 Å². The molecular formula is C20H21NO2Y2-2. The first kappa shape index (κ1) is 24.7. The SMILES string of the molecule is [CH2-]C(C[CH-]C(=O)c1ccc(N(C)C)cc1)C(=O)c1ccccc1.[Y].[Y]. The molecule has 0 amide bonds. The van der Waals surface area contributed by atoms with Crippen LogP contribution in [0.25, 0.3) is 0 Å². The van der Waals surface area contributed by atoms with Crippen LogP contribution in [0.4, 0.5) is 5.69 Å². The summed E-state index contributed by atoms with van der Waals surface area (Å²) in [6, 6.07) is 16.4. The number of anilines is 1. The van der Waals surface area contributed by atoms with E-state index in [1.807, 2.05) is 49.3 Å². The van der Waals surface area contributed by atoms with E-state index in [2.05, 4.69) is 6.92 Å². The van der Waals surface area contributed by atoms with Crippen LogP contribution in [0.1, 0.15) is 27.1 Å². The fourth-order valence-electron chi connectivity index (χ4n) is 2.24. The third-order valence-electron chi connectivity index (χ3n) is 3.69. The van der Waals surface area contributed by atoms with Gasteiger partial charge in [0, 0.05) is 96.5 Å². The molecular weight excluding hydrogens is 464 g/mol. The molecule has 3 nitrogen and oxygen atoms in total. The summed E-state index contributed by atoms with van der Waals surface area (Å²) in [7, 11) is 3.90. The number of Topliss-reactive ketones (excluding diaryl/α,β-unsaturated/α-hetero) is 2. The molecule has 0 N–H and O–H groups in total. The normalized spacial score (nSPS) is 10.7. The van der Waals surface area contributed by atoms with Gasteiger partial charge in [-0.25, -0.2) is 0 Å². The molecule has 0 saturated heterocycles. The van der Waals surface area contributed by atoms with Crippen LogP contribution in [0.3, 0.4) is 0 Å². The van der Waals surface area contributed by atoms with Crippen molar-refractivity contribution in [2.45, 2.75) is 6.42 Å². The molecule has 126 valence electrons. The molecule has 0 spiro atoms. The summed E-state index contributed by atoms with van der Waals surface area (Å²) in [5, 5.41) is 0. The predicted molar refractivity (Wildman–Crippen MR) is 93.6 cm³/mol. The second-order valence-corrected chi connectivity index (χ2v) is 5.67. The second kappa shape index (κ2) is 12.1. The molecule has 2 aromatic carbocycles. The zero-order chi connectivity index (χ0) is 16.8. The van der Waals surface area contributed by atoms with Crippen LogP contribution in [0, 0.1) is 19.3 Å². The van der Waals surface area contributed by atoms with Gasteiger partial charge in [-0.1, -0.05) is 42.5 Å². The van der Waals surface area contributed by atoms with Crippen molar-refractivity contribution in [3.05, 3.63) is 79.1 Å². The fraction of sp³-hybridized carbons (Fsp3) is 0.200. The molecule has 2 rings (SSSR count). The van der Waals surface area contributed by atoms with E-state index in [4.69, 9.17) is 0 Å². The Morgan fingerprint density at radius 2 is 1.52 bits per heavy atom. The molecule has 0 bridgehead atoms. The van der Waals surface area contributed by atoms with Gasteiger partial charge in [0.25, 0.3) is 0 Å². The molecule has 0 aliphatic heterocycles. The monoisotopic (exact) mass is 485 g/mol. The average molecular weight is 485 g/mol. The minimum absolute atomic E-state index is 0. The van der Waals surface area contributed by atoms with Gasteiger partial charge in [0.2, 0.25) is 0 Å². The van der Waals surface area contributed by atoms with E-state index in [0.717, 1.165) is 5.69 Å². The van der Waals surface area contributed by atoms with Gasteiger partial charge in [-0.05, 0) is 0 Å². The van der Waals surface area contributed by atoms with Crippen LogP contribution in [-0.2, 0) is 65.4 Å². The van der Waals surface area contributed by atoms with Gasteiger partial charge in [-0.3, -0.25) is 4.79 Å². The Morgan fingerprint density at radius 3 is 2.04 bits per heavy atom. The molecule has 1 unspecified atom stereocenters. The maximum Gasteiger partial charge on any atom is 0.135 e. The van der Waals surface area contributed by atoms with Crippen molar-refractivity contribution in [3.8, 4) is 0 Å². The Morgan fingerprint density at radius 1 is 0.960 bits per heavy atom. The second-order valence-electron chi connectivity index (χ2n) is 5.67. The van der Waals surface area contributed by atoms with Crippen molar-refractivity contribution >= 4 is 17.3 Å². The predicted octanol–water partition coefficient (Wildman–Crippen LogP) is 3.86. The van der Waals surface area contributed by atoms with Crippen LogP contribution in [0.5, 0.6) is 0 Å². The molecule has 0 aromatic heterocycles. The first-order valence-electron chi connectivity index (χ1n) is 7.56. The quantitative estimate of drug-likeness (QED) is 0.442. The third kappa shape index (κ3) is 7.43. The maximum atomic E-state index is 12.2. The molecule has 0 fully saturated rings. The van der Waals surface area contributed by atoms with E-state index in [-0.39, 0.29) is 77.0 Å². The van der Waals surface area contributed by atoms with Gasteiger partial charge in [0.1, 0.15) is 5.78 Å². The maximum absolute atomic E-state index is 12.2. The Bertz CT molecular complexity index is 670. The summed E-state index contributed by atoms with van der Waals surface area (Å²) >= 11 is 0. The largest absolute Gasteiger partial charge is 0.378 e. The first-order chi connectivity index (χ1) is 11.0. The molecule has 2 radical (unpaired) electrons. The topological polar surface area (TPSA) is 37.4 Å². The fourth-order valence-corrected chi connectivity index (χ4v) is 2.24. The van der Waals surface area contributed by atoms with Crippen molar-refractivity contribution in [2.24, 2.45) is 5.92 Å². The van der Waals surface area contributed by atoms with Crippen molar-refractivity contribution in [3.63, 3.8) is 0 Å². The Hall–Kier alpha value is -0.342. The Kier molecular flexibility index (Phi) is 12.0. The average Bonchev–Trinajstić information content (AvgIpc) is 2.59. The van der Waals surface area contributed by atoms with Crippen molar-refractivity contribution in [1.82, 2.24) is 0 Å². The zero-order valence-electron chi connectivity index (χ0n) is 14.7. The molecule has 0 heterocycles. The minimum Gasteiger partial charge on any atom is -0.378 e. The van der Waals surface area contributed by atoms with Crippen molar-refractivity contribution < 1.29 is 75.0 Å². The molecule has 0 aliphatic rings. The molecule has 0 aliphatic carbocycles. The number of benzene rings is 2. The van der Waals surface area contributed by atoms with Crippen LogP contribution in [0.2, 0.25) is 0 Å². The van der Waals surface area contributed by atoms with E-state index < -0.39 is 5.92 Å². The minimum atomic E-state index is -0.456. The summed E-state index contributed by atoms with van der Waals surface area (Å²) in [6.45, 7) is 3.88. The van der Waals surface area contributed by atoms with Crippen LogP contribution >= 0.6 is 0 Å². The summed E-state index contributed by atoms with van der Waals surface area (Å²) in [5.74, 6) is -0.579. The van der Waals surface area contributed by atoms with E-state index in [9.17, 15) is 9.59 Å². The van der Waals surface area contributed by atoms with Gasteiger partial charge in [0.15, 0.2) is 0 Å².